The summed E-state index contributed by atoms with van der Waals surface area (Å²) in [6, 6.07) is 4.70. The molecule has 1 aromatic rings. The highest BCUT2D eigenvalue weighted by molar-refractivity contribution is 5.92. The van der Waals surface area contributed by atoms with Crippen LogP contribution in [0.25, 0.3) is 0 Å². The van der Waals surface area contributed by atoms with Gasteiger partial charge in [-0.1, -0.05) is 20.8 Å². The minimum atomic E-state index is -0.128. The fourth-order valence-corrected chi connectivity index (χ4v) is 5.35. The Morgan fingerprint density at radius 2 is 1.96 bits per heavy atom. The molecule has 3 saturated heterocycles. The number of piperidine rings is 1. The van der Waals surface area contributed by atoms with Crippen LogP contribution in [0.3, 0.4) is 0 Å². The Bertz CT molecular complexity index is 679. The Morgan fingerprint density at radius 1 is 1.26 bits per heavy atom. The Kier molecular flexibility index (Phi) is 4.69. The van der Waals surface area contributed by atoms with Gasteiger partial charge in [0.15, 0.2) is 0 Å². The van der Waals surface area contributed by atoms with Gasteiger partial charge in [0.05, 0.1) is 11.9 Å². The van der Waals surface area contributed by atoms with Crippen molar-refractivity contribution in [3.8, 4) is 0 Å². The summed E-state index contributed by atoms with van der Waals surface area (Å²) < 4.78 is 0. The van der Waals surface area contributed by atoms with E-state index in [1.165, 1.54) is 38.8 Å². The van der Waals surface area contributed by atoms with Crippen molar-refractivity contribution in [2.45, 2.75) is 52.5 Å². The van der Waals surface area contributed by atoms with Crippen LogP contribution in [0.4, 0.5) is 5.69 Å². The maximum Gasteiger partial charge on any atom is 0.269 e. The number of hydrogen-bond donors (Lipinski definition) is 1. The highest BCUT2D eigenvalue weighted by Gasteiger charge is 2.60. The second-order valence-corrected chi connectivity index (χ2v) is 9.93. The third-order valence-corrected chi connectivity index (χ3v) is 7.55. The predicted octanol–water partition coefficient (Wildman–Crippen LogP) is 3.17. The number of nitrogens with zero attached hydrogens (tertiary/aromatic N) is 3. The zero-order chi connectivity index (χ0) is 19.2. The minimum Gasteiger partial charge on any atom is -0.370 e. The minimum absolute atomic E-state index is 0.128. The van der Waals surface area contributed by atoms with Gasteiger partial charge in [-0.15, -0.1) is 0 Å². The van der Waals surface area contributed by atoms with E-state index in [-0.39, 0.29) is 5.91 Å². The molecule has 5 nitrogen and oxygen atoms in total. The number of fused-ring (bicyclic) bond motifs is 1. The van der Waals surface area contributed by atoms with Gasteiger partial charge in [-0.05, 0) is 54.6 Å². The number of anilines is 1. The first kappa shape index (κ1) is 18.7. The molecule has 0 radical (unpaired) electrons. The molecule has 0 atom stereocenters. The molecule has 4 fully saturated rings. The maximum absolute atomic E-state index is 11.6. The molecule has 0 aromatic carbocycles. The van der Waals surface area contributed by atoms with Crippen LogP contribution in [0.1, 0.15) is 56.9 Å². The quantitative estimate of drug-likeness (QED) is 0.884. The molecule has 148 valence electrons. The van der Waals surface area contributed by atoms with Crippen molar-refractivity contribution in [1.29, 1.82) is 0 Å². The molecular formula is C22H34N4O. The Labute approximate surface area is 163 Å². The molecule has 1 aliphatic carbocycles. The van der Waals surface area contributed by atoms with Crippen LogP contribution in [0.15, 0.2) is 18.3 Å². The zero-order valence-electron chi connectivity index (χ0n) is 17.3. The van der Waals surface area contributed by atoms with E-state index in [4.69, 9.17) is 0 Å². The third kappa shape index (κ3) is 3.35. The number of hydrogen-bond acceptors (Lipinski definition) is 4. The molecule has 1 aromatic heterocycles. The van der Waals surface area contributed by atoms with Gasteiger partial charge in [0, 0.05) is 39.3 Å². The summed E-state index contributed by atoms with van der Waals surface area (Å²) in [5, 5.41) is 2.62. The monoisotopic (exact) mass is 370 g/mol. The van der Waals surface area contributed by atoms with Crippen molar-refractivity contribution < 1.29 is 4.79 Å². The Hall–Kier alpha value is -1.62. The van der Waals surface area contributed by atoms with Gasteiger partial charge in [-0.25, -0.2) is 4.98 Å². The van der Waals surface area contributed by atoms with Crippen molar-refractivity contribution in [3.63, 3.8) is 0 Å². The highest BCUT2D eigenvalue weighted by Crippen LogP contribution is 2.61. The number of amides is 1. The second kappa shape index (κ2) is 6.77. The standard InChI is InChI=1S/C22H34N4O/c1-21(2,3)22-11-18(12-22)26(15-22)14-16-7-9-25(10-8-16)17-5-6-19(24-13-17)20(27)23-4/h5-6,13,16,18H,7-12,14-15H2,1-4H3,(H,23,27). The molecular weight excluding hydrogens is 336 g/mol. The van der Waals surface area contributed by atoms with Gasteiger partial charge in [0.2, 0.25) is 0 Å². The van der Waals surface area contributed by atoms with Crippen molar-refractivity contribution in [3.05, 3.63) is 24.0 Å². The van der Waals surface area contributed by atoms with Crippen LogP contribution in [0, 0.1) is 16.7 Å². The summed E-state index contributed by atoms with van der Waals surface area (Å²) in [5.74, 6) is 0.688. The highest BCUT2D eigenvalue weighted by atomic mass is 16.1. The first-order valence-corrected chi connectivity index (χ1v) is 10.5. The average Bonchev–Trinajstić information content (AvgIpc) is 3.17. The Balaban J connectivity index is 1.28. The molecule has 4 heterocycles. The van der Waals surface area contributed by atoms with E-state index in [0.717, 1.165) is 30.7 Å². The SMILES string of the molecule is CNC(=O)c1ccc(N2CCC(CN3CC4(C(C)(C)C)CC3C4)CC2)cn1. The predicted molar refractivity (Wildman–Crippen MR) is 109 cm³/mol. The Morgan fingerprint density at radius 3 is 2.48 bits per heavy atom. The van der Waals surface area contributed by atoms with Crippen molar-refractivity contribution in [2.24, 2.45) is 16.7 Å². The molecule has 0 spiro atoms. The van der Waals surface area contributed by atoms with E-state index in [0.29, 0.717) is 16.5 Å². The van der Waals surface area contributed by atoms with Crippen LogP contribution >= 0.6 is 0 Å². The maximum atomic E-state index is 11.6. The molecule has 1 amide bonds. The number of carbonyl (C=O) groups is 1. The fourth-order valence-electron chi connectivity index (χ4n) is 5.35. The van der Waals surface area contributed by atoms with Gasteiger partial charge >= 0.3 is 0 Å². The van der Waals surface area contributed by atoms with E-state index >= 15 is 0 Å². The number of aromatic nitrogens is 1. The summed E-state index contributed by atoms with van der Waals surface area (Å²) in [7, 11) is 1.64. The number of carbonyl (C=O) groups excluding carboxylic acids is 1. The van der Waals surface area contributed by atoms with Gasteiger partial charge < -0.3 is 10.2 Å². The lowest BCUT2D eigenvalue weighted by Gasteiger charge is -2.47. The van der Waals surface area contributed by atoms with Gasteiger partial charge in [0.1, 0.15) is 5.69 Å². The second-order valence-electron chi connectivity index (χ2n) is 9.93. The fraction of sp³-hybridized carbons (Fsp3) is 0.727. The zero-order valence-corrected chi connectivity index (χ0v) is 17.3. The van der Waals surface area contributed by atoms with Crippen LogP contribution in [0.2, 0.25) is 0 Å². The first-order valence-electron chi connectivity index (χ1n) is 10.5. The molecule has 27 heavy (non-hydrogen) atoms. The lowest BCUT2D eigenvalue weighted by Crippen LogP contribution is -2.44. The van der Waals surface area contributed by atoms with Crippen molar-refractivity contribution >= 4 is 11.6 Å². The normalized spacial score (nSPS) is 28.9. The molecule has 3 aliphatic heterocycles. The summed E-state index contributed by atoms with van der Waals surface area (Å²) in [6.45, 7) is 12.1. The molecule has 1 N–H and O–H groups in total. The van der Waals surface area contributed by atoms with E-state index in [1.54, 1.807) is 7.05 Å². The topological polar surface area (TPSA) is 48.5 Å². The first-order chi connectivity index (χ1) is 12.8. The summed E-state index contributed by atoms with van der Waals surface area (Å²) >= 11 is 0. The summed E-state index contributed by atoms with van der Waals surface area (Å²) in [5.41, 5.74) is 2.64. The lowest BCUT2D eigenvalue weighted by atomic mass is 9.56. The summed E-state index contributed by atoms with van der Waals surface area (Å²) in [6.07, 6.45) is 7.18. The van der Waals surface area contributed by atoms with Crippen LogP contribution in [-0.2, 0) is 0 Å². The lowest BCUT2D eigenvalue weighted by molar-refractivity contribution is 0.0415. The van der Waals surface area contributed by atoms with E-state index in [2.05, 4.69) is 40.9 Å². The molecule has 2 bridgehead atoms. The van der Waals surface area contributed by atoms with Gasteiger partial charge in [0.25, 0.3) is 5.91 Å². The summed E-state index contributed by atoms with van der Waals surface area (Å²) in [4.78, 5) is 21.2. The van der Waals surface area contributed by atoms with E-state index < -0.39 is 0 Å². The third-order valence-electron chi connectivity index (χ3n) is 7.55. The molecule has 5 rings (SSSR count). The van der Waals surface area contributed by atoms with E-state index in [1.807, 2.05) is 18.3 Å². The largest absolute Gasteiger partial charge is 0.370 e. The van der Waals surface area contributed by atoms with E-state index in [9.17, 15) is 4.79 Å². The molecule has 5 heteroatoms. The van der Waals surface area contributed by atoms with Crippen LogP contribution in [-0.4, -0.2) is 55.1 Å². The van der Waals surface area contributed by atoms with Gasteiger partial charge in [-0.2, -0.15) is 0 Å². The molecule has 4 aliphatic rings. The van der Waals surface area contributed by atoms with Crippen molar-refractivity contribution in [2.75, 3.05) is 38.1 Å². The van der Waals surface area contributed by atoms with Gasteiger partial charge in [-0.3, -0.25) is 9.69 Å². The number of nitrogens with one attached hydrogen (secondary N) is 1. The van der Waals surface area contributed by atoms with Crippen LogP contribution in [0.5, 0.6) is 0 Å². The smallest absolute Gasteiger partial charge is 0.269 e. The molecule has 1 saturated carbocycles. The average molecular weight is 371 g/mol. The molecule has 0 unspecified atom stereocenters. The van der Waals surface area contributed by atoms with Crippen LogP contribution < -0.4 is 10.2 Å². The van der Waals surface area contributed by atoms with Crippen molar-refractivity contribution in [1.82, 2.24) is 15.2 Å². The number of pyridine rings is 1. The number of rotatable bonds is 4.